The van der Waals surface area contributed by atoms with Crippen LogP contribution in [0.2, 0.25) is 0 Å². The van der Waals surface area contributed by atoms with Gasteiger partial charge in [0.15, 0.2) is 0 Å². The summed E-state index contributed by atoms with van der Waals surface area (Å²) in [4.78, 5) is 1.96. The minimum Gasteiger partial charge on any atom is -0.0916 e. The third kappa shape index (κ3) is 3.25. The van der Waals surface area contributed by atoms with Crippen LogP contribution in [0.1, 0.15) is 19.3 Å². The van der Waals surface area contributed by atoms with E-state index in [0.29, 0.717) is 14.5 Å². The molecule has 0 heterocycles. The van der Waals surface area contributed by atoms with Crippen molar-refractivity contribution in [2.45, 2.75) is 33.7 Å². The average Bonchev–Trinajstić information content (AvgIpc) is 2.08. The second kappa shape index (κ2) is 5.72. The first kappa shape index (κ1) is 12.0. The summed E-state index contributed by atoms with van der Waals surface area (Å²) in [5.74, 6) is 0.822. The van der Waals surface area contributed by atoms with E-state index in [2.05, 4.69) is 63.7 Å². The van der Waals surface area contributed by atoms with E-state index in [-0.39, 0.29) is 0 Å². The van der Waals surface area contributed by atoms with Gasteiger partial charge < -0.3 is 0 Å². The standard InChI is InChI=1S/C8H12Br4/c9-4-8(12)5-1-2-6(10)7(11)3-5/h5-8H,1-4H2/t5-,6+,7-,8-/m0/s1. The number of hydrogen-bond acceptors (Lipinski definition) is 0. The molecule has 0 N–H and O–H groups in total. The number of alkyl halides is 4. The van der Waals surface area contributed by atoms with Gasteiger partial charge in [-0.2, -0.15) is 0 Å². The second-order valence-corrected chi connectivity index (χ2v) is 7.45. The van der Waals surface area contributed by atoms with E-state index in [1.165, 1.54) is 19.3 Å². The van der Waals surface area contributed by atoms with Crippen LogP contribution in [0.5, 0.6) is 0 Å². The molecule has 0 aromatic rings. The van der Waals surface area contributed by atoms with Crippen LogP contribution in [0.25, 0.3) is 0 Å². The Bertz CT molecular complexity index is 139. The van der Waals surface area contributed by atoms with Crippen LogP contribution in [-0.2, 0) is 0 Å². The SMILES string of the molecule is BrC[C@H](Br)[C@H]1CC[C@@H](Br)[C@@H](Br)C1. The predicted octanol–water partition coefficient (Wildman–Crippen LogP) is 4.47. The maximum absolute atomic E-state index is 3.71. The van der Waals surface area contributed by atoms with Gasteiger partial charge in [0.1, 0.15) is 0 Å². The van der Waals surface area contributed by atoms with Crippen molar-refractivity contribution < 1.29 is 0 Å². The third-order valence-electron chi connectivity index (χ3n) is 2.39. The molecule has 1 fully saturated rings. The van der Waals surface area contributed by atoms with E-state index in [9.17, 15) is 0 Å². The highest BCUT2D eigenvalue weighted by atomic mass is 79.9. The maximum atomic E-state index is 3.71. The van der Waals surface area contributed by atoms with Gasteiger partial charge in [-0.25, -0.2) is 0 Å². The first-order valence-electron chi connectivity index (χ1n) is 4.13. The smallest absolute Gasteiger partial charge is 0.0274 e. The molecule has 0 saturated heterocycles. The van der Waals surface area contributed by atoms with E-state index in [1.807, 2.05) is 0 Å². The lowest BCUT2D eigenvalue weighted by atomic mass is 9.87. The van der Waals surface area contributed by atoms with Crippen molar-refractivity contribution in [3.8, 4) is 0 Å². The molecule has 0 aromatic heterocycles. The van der Waals surface area contributed by atoms with Crippen molar-refractivity contribution in [1.29, 1.82) is 0 Å². The molecule has 0 nitrogen and oxygen atoms in total. The molecule has 4 heteroatoms. The third-order valence-corrected chi connectivity index (χ3v) is 7.85. The van der Waals surface area contributed by atoms with Crippen molar-refractivity contribution in [2.24, 2.45) is 5.92 Å². The van der Waals surface area contributed by atoms with Crippen LogP contribution in [0.15, 0.2) is 0 Å². The first-order valence-corrected chi connectivity index (χ1v) is 8.00. The normalized spacial score (nSPS) is 39.5. The van der Waals surface area contributed by atoms with E-state index < -0.39 is 0 Å². The molecular formula is C8H12Br4. The fourth-order valence-electron chi connectivity index (χ4n) is 1.56. The van der Waals surface area contributed by atoms with Crippen LogP contribution >= 0.6 is 63.7 Å². The minimum atomic E-state index is 0.637. The second-order valence-electron chi connectivity index (χ2n) is 3.28. The largest absolute Gasteiger partial charge is 0.0916 e. The summed E-state index contributed by atoms with van der Waals surface area (Å²) in [6.45, 7) is 0. The Morgan fingerprint density at radius 3 is 2.33 bits per heavy atom. The summed E-state index contributed by atoms with van der Waals surface area (Å²) in [5.41, 5.74) is 0. The molecule has 0 bridgehead atoms. The van der Waals surface area contributed by atoms with Crippen LogP contribution < -0.4 is 0 Å². The quantitative estimate of drug-likeness (QED) is 0.570. The fraction of sp³-hybridized carbons (Fsp3) is 1.00. The lowest BCUT2D eigenvalue weighted by molar-refractivity contribution is 0.383. The summed E-state index contributed by atoms with van der Waals surface area (Å²) in [7, 11) is 0. The molecule has 4 atom stereocenters. The molecule has 0 amide bonds. The van der Waals surface area contributed by atoms with E-state index >= 15 is 0 Å². The number of halogens is 4. The lowest BCUT2D eigenvalue weighted by Crippen LogP contribution is -2.30. The Hall–Kier alpha value is 1.92. The Balaban J connectivity index is 2.39. The highest BCUT2D eigenvalue weighted by Crippen LogP contribution is 2.37. The van der Waals surface area contributed by atoms with Gasteiger partial charge in [0.2, 0.25) is 0 Å². The molecule has 0 aromatic carbocycles. The molecule has 72 valence electrons. The van der Waals surface area contributed by atoms with E-state index in [0.717, 1.165) is 11.2 Å². The van der Waals surface area contributed by atoms with Gasteiger partial charge in [-0.3, -0.25) is 0 Å². The molecule has 0 unspecified atom stereocenters. The van der Waals surface area contributed by atoms with Gasteiger partial charge in [0, 0.05) is 19.8 Å². The molecule has 0 radical (unpaired) electrons. The molecule has 0 aliphatic heterocycles. The fourth-order valence-corrected chi connectivity index (χ4v) is 3.80. The summed E-state index contributed by atoms with van der Waals surface area (Å²) in [6.07, 6.45) is 3.90. The molecule has 1 aliphatic carbocycles. The van der Waals surface area contributed by atoms with E-state index in [4.69, 9.17) is 0 Å². The highest BCUT2D eigenvalue weighted by Gasteiger charge is 2.30. The highest BCUT2D eigenvalue weighted by molar-refractivity contribution is 9.12. The Morgan fingerprint density at radius 2 is 1.83 bits per heavy atom. The van der Waals surface area contributed by atoms with Gasteiger partial charge in [-0.05, 0) is 25.2 Å². The summed E-state index contributed by atoms with van der Waals surface area (Å²) in [6, 6.07) is 0. The van der Waals surface area contributed by atoms with Crippen molar-refractivity contribution >= 4 is 63.7 Å². The average molecular weight is 428 g/mol. The number of hydrogen-bond donors (Lipinski definition) is 0. The molecule has 0 spiro atoms. The van der Waals surface area contributed by atoms with Gasteiger partial charge in [-0.15, -0.1) is 0 Å². The first-order chi connectivity index (χ1) is 5.65. The Morgan fingerprint density at radius 1 is 1.17 bits per heavy atom. The minimum absolute atomic E-state index is 0.637. The van der Waals surface area contributed by atoms with E-state index in [1.54, 1.807) is 0 Å². The van der Waals surface area contributed by atoms with Crippen molar-refractivity contribution in [1.82, 2.24) is 0 Å². The Kier molecular flexibility index (Phi) is 5.71. The summed E-state index contributed by atoms with van der Waals surface area (Å²) < 4.78 is 0. The monoisotopic (exact) mass is 424 g/mol. The van der Waals surface area contributed by atoms with Crippen LogP contribution in [-0.4, -0.2) is 19.8 Å². The molecular weight excluding hydrogens is 416 g/mol. The summed E-state index contributed by atoms with van der Waals surface area (Å²) >= 11 is 14.6. The van der Waals surface area contributed by atoms with Crippen LogP contribution in [0.4, 0.5) is 0 Å². The number of rotatable bonds is 2. The lowest BCUT2D eigenvalue weighted by Gasteiger charge is -2.32. The van der Waals surface area contributed by atoms with Gasteiger partial charge in [0.05, 0.1) is 0 Å². The zero-order valence-electron chi connectivity index (χ0n) is 6.65. The van der Waals surface area contributed by atoms with Gasteiger partial charge >= 0.3 is 0 Å². The molecule has 1 aliphatic rings. The van der Waals surface area contributed by atoms with Gasteiger partial charge in [0.25, 0.3) is 0 Å². The van der Waals surface area contributed by atoms with Crippen molar-refractivity contribution in [2.75, 3.05) is 5.33 Å². The predicted molar refractivity (Wildman–Crippen MR) is 69.3 cm³/mol. The Labute approximate surface area is 108 Å². The zero-order valence-corrected chi connectivity index (χ0v) is 13.0. The van der Waals surface area contributed by atoms with Crippen LogP contribution in [0.3, 0.4) is 0 Å². The molecule has 12 heavy (non-hydrogen) atoms. The molecule has 1 saturated carbocycles. The zero-order chi connectivity index (χ0) is 9.14. The van der Waals surface area contributed by atoms with Crippen molar-refractivity contribution in [3.63, 3.8) is 0 Å². The van der Waals surface area contributed by atoms with Gasteiger partial charge in [-0.1, -0.05) is 63.7 Å². The topological polar surface area (TPSA) is 0 Å². The maximum Gasteiger partial charge on any atom is 0.0274 e. The molecule has 1 rings (SSSR count). The summed E-state index contributed by atoms with van der Waals surface area (Å²) in [5, 5.41) is 1.06. The van der Waals surface area contributed by atoms with Crippen molar-refractivity contribution in [3.05, 3.63) is 0 Å². The van der Waals surface area contributed by atoms with Crippen LogP contribution in [0, 0.1) is 5.92 Å².